The maximum absolute atomic E-state index is 13.4. The molecule has 0 bridgehead atoms. The minimum absolute atomic E-state index is 0.0806. The number of pyridine rings is 1. The maximum Gasteiger partial charge on any atom is 0.257 e. The van der Waals surface area contributed by atoms with Crippen LogP contribution in [0.25, 0.3) is 0 Å². The van der Waals surface area contributed by atoms with Crippen molar-refractivity contribution >= 4 is 23.4 Å². The lowest BCUT2D eigenvalue weighted by molar-refractivity contribution is -0.122. The van der Waals surface area contributed by atoms with Crippen molar-refractivity contribution in [2.75, 3.05) is 12.0 Å². The molecule has 1 fully saturated rings. The summed E-state index contributed by atoms with van der Waals surface area (Å²) in [5.41, 5.74) is 2.71. The van der Waals surface area contributed by atoms with Crippen LogP contribution in [0.4, 0.5) is 5.69 Å². The van der Waals surface area contributed by atoms with Gasteiger partial charge in [0.2, 0.25) is 5.91 Å². The highest BCUT2D eigenvalue weighted by Gasteiger charge is 2.44. The summed E-state index contributed by atoms with van der Waals surface area (Å²) in [6, 6.07) is 16.6. The molecule has 1 aliphatic heterocycles. The second kappa shape index (κ2) is 9.01. The lowest BCUT2D eigenvalue weighted by atomic mass is 10.1. The topological polar surface area (TPSA) is 79.8 Å². The molecule has 7 nitrogen and oxygen atoms in total. The van der Waals surface area contributed by atoms with Gasteiger partial charge in [0.25, 0.3) is 11.8 Å². The van der Waals surface area contributed by atoms with Gasteiger partial charge in [0, 0.05) is 24.5 Å². The number of hydrogen-bond acceptors (Lipinski definition) is 5. The van der Waals surface area contributed by atoms with Gasteiger partial charge in [0.15, 0.2) is 0 Å². The molecule has 2 aromatic carbocycles. The first kappa shape index (κ1) is 21.2. The van der Waals surface area contributed by atoms with Crippen molar-refractivity contribution in [1.82, 2.24) is 9.88 Å². The SMILES string of the molecule is COc1ccc(N2C(=O)CC(N(Cc3cccnc3)C(=O)c3ccc(C)cc3)C2=O)cc1. The molecule has 1 atom stereocenters. The van der Waals surface area contributed by atoms with E-state index >= 15 is 0 Å². The van der Waals surface area contributed by atoms with E-state index in [0.29, 0.717) is 17.0 Å². The Morgan fingerprint density at radius 1 is 1.09 bits per heavy atom. The Labute approximate surface area is 186 Å². The third-order valence-corrected chi connectivity index (χ3v) is 5.46. The van der Waals surface area contributed by atoms with Crippen molar-refractivity contribution in [2.45, 2.75) is 25.9 Å². The quantitative estimate of drug-likeness (QED) is 0.562. The van der Waals surface area contributed by atoms with Crippen molar-refractivity contribution in [1.29, 1.82) is 0 Å². The van der Waals surface area contributed by atoms with Gasteiger partial charge in [0.1, 0.15) is 11.8 Å². The molecule has 3 aromatic rings. The Morgan fingerprint density at radius 3 is 2.44 bits per heavy atom. The third kappa shape index (κ3) is 4.23. The molecule has 4 rings (SSSR count). The van der Waals surface area contributed by atoms with E-state index in [0.717, 1.165) is 16.0 Å². The van der Waals surface area contributed by atoms with E-state index < -0.39 is 11.9 Å². The highest BCUT2D eigenvalue weighted by molar-refractivity contribution is 6.23. The summed E-state index contributed by atoms with van der Waals surface area (Å²) in [5, 5.41) is 0. The normalized spacial score (nSPS) is 15.7. The molecule has 3 amide bonds. The van der Waals surface area contributed by atoms with Crippen molar-refractivity contribution in [3.8, 4) is 5.75 Å². The zero-order chi connectivity index (χ0) is 22.7. The average molecular weight is 429 g/mol. The summed E-state index contributed by atoms with van der Waals surface area (Å²) in [4.78, 5) is 46.3. The maximum atomic E-state index is 13.4. The van der Waals surface area contributed by atoms with Crippen molar-refractivity contribution in [3.63, 3.8) is 0 Å². The van der Waals surface area contributed by atoms with E-state index in [4.69, 9.17) is 4.74 Å². The first-order chi connectivity index (χ1) is 15.5. The van der Waals surface area contributed by atoms with Crippen molar-refractivity contribution in [2.24, 2.45) is 0 Å². The van der Waals surface area contributed by atoms with Crippen molar-refractivity contribution in [3.05, 3.63) is 89.7 Å². The summed E-state index contributed by atoms with van der Waals surface area (Å²) in [7, 11) is 1.55. The number of carbonyl (C=O) groups excluding carboxylic acids is 3. The highest BCUT2D eigenvalue weighted by atomic mass is 16.5. The monoisotopic (exact) mass is 429 g/mol. The molecule has 1 saturated heterocycles. The van der Waals surface area contributed by atoms with Gasteiger partial charge in [-0.1, -0.05) is 23.8 Å². The average Bonchev–Trinajstić information content (AvgIpc) is 3.11. The Bertz CT molecular complexity index is 1130. The molecule has 0 N–H and O–H groups in total. The molecule has 162 valence electrons. The molecular formula is C25H23N3O4. The van der Waals surface area contributed by atoms with Gasteiger partial charge in [-0.05, 0) is 55.0 Å². The Morgan fingerprint density at radius 2 is 1.81 bits per heavy atom. The fraction of sp³-hybridized carbons (Fsp3) is 0.200. The third-order valence-electron chi connectivity index (χ3n) is 5.46. The summed E-state index contributed by atoms with van der Waals surface area (Å²) in [6.45, 7) is 2.11. The number of benzene rings is 2. The lowest BCUT2D eigenvalue weighted by Gasteiger charge is -2.28. The zero-order valence-electron chi connectivity index (χ0n) is 17.9. The van der Waals surface area contributed by atoms with E-state index in [9.17, 15) is 14.4 Å². The van der Waals surface area contributed by atoms with Gasteiger partial charge >= 0.3 is 0 Å². The second-order valence-corrected chi connectivity index (χ2v) is 7.65. The number of nitrogens with zero attached hydrogens (tertiary/aromatic N) is 3. The van der Waals surface area contributed by atoms with E-state index in [-0.39, 0.29) is 24.8 Å². The van der Waals surface area contributed by atoms with Crippen LogP contribution >= 0.6 is 0 Å². The molecule has 2 heterocycles. The van der Waals surface area contributed by atoms with Gasteiger partial charge in [-0.25, -0.2) is 4.90 Å². The van der Waals surface area contributed by atoms with Crippen LogP contribution in [0.3, 0.4) is 0 Å². The fourth-order valence-electron chi connectivity index (χ4n) is 3.74. The smallest absolute Gasteiger partial charge is 0.257 e. The standard InChI is InChI=1S/C25H23N3O4/c1-17-5-7-19(8-6-17)24(30)27(16-18-4-3-13-26-15-18)22-14-23(29)28(25(22)31)20-9-11-21(32-2)12-10-20/h3-13,15,22H,14,16H2,1-2H3. The summed E-state index contributed by atoms with van der Waals surface area (Å²) >= 11 is 0. The van der Waals surface area contributed by atoms with E-state index in [1.54, 1.807) is 62.0 Å². The first-order valence-corrected chi connectivity index (χ1v) is 10.3. The number of imide groups is 1. The van der Waals surface area contributed by atoms with Gasteiger partial charge in [-0.15, -0.1) is 0 Å². The zero-order valence-corrected chi connectivity index (χ0v) is 17.9. The minimum atomic E-state index is -0.904. The highest BCUT2D eigenvalue weighted by Crippen LogP contribution is 2.29. The summed E-state index contributed by atoms with van der Waals surface area (Å²) < 4.78 is 5.15. The van der Waals surface area contributed by atoms with E-state index in [1.807, 2.05) is 25.1 Å². The Hall–Kier alpha value is -4.00. The molecule has 0 radical (unpaired) electrons. The number of aromatic nitrogens is 1. The number of hydrogen-bond donors (Lipinski definition) is 0. The number of anilines is 1. The molecule has 1 aromatic heterocycles. The van der Waals surface area contributed by atoms with Crippen LogP contribution in [-0.4, -0.2) is 40.8 Å². The summed E-state index contributed by atoms with van der Waals surface area (Å²) in [5.74, 6) is -0.462. The minimum Gasteiger partial charge on any atom is -0.497 e. The Kier molecular flexibility index (Phi) is 5.98. The fourth-order valence-corrected chi connectivity index (χ4v) is 3.74. The van der Waals surface area contributed by atoms with Crippen LogP contribution < -0.4 is 9.64 Å². The van der Waals surface area contributed by atoms with Crippen LogP contribution in [0, 0.1) is 6.92 Å². The van der Waals surface area contributed by atoms with Gasteiger partial charge in [-0.3, -0.25) is 19.4 Å². The van der Waals surface area contributed by atoms with Gasteiger partial charge in [-0.2, -0.15) is 0 Å². The number of ether oxygens (including phenoxy) is 1. The van der Waals surface area contributed by atoms with Gasteiger partial charge < -0.3 is 9.64 Å². The summed E-state index contributed by atoms with van der Waals surface area (Å²) in [6.07, 6.45) is 3.21. The molecular weight excluding hydrogens is 406 g/mol. The van der Waals surface area contributed by atoms with Crippen LogP contribution in [0.5, 0.6) is 5.75 Å². The number of aryl methyl sites for hydroxylation is 1. The lowest BCUT2D eigenvalue weighted by Crippen LogP contribution is -2.45. The molecule has 1 aliphatic rings. The van der Waals surface area contributed by atoms with Crippen LogP contribution in [0.2, 0.25) is 0 Å². The van der Waals surface area contributed by atoms with Gasteiger partial charge in [0.05, 0.1) is 19.2 Å². The number of carbonyl (C=O) groups is 3. The first-order valence-electron chi connectivity index (χ1n) is 10.3. The predicted molar refractivity (Wildman–Crippen MR) is 119 cm³/mol. The number of rotatable bonds is 6. The van der Waals surface area contributed by atoms with Crippen LogP contribution in [0.1, 0.15) is 27.9 Å². The molecule has 32 heavy (non-hydrogen) atoms. The molecule has 0 spiro atoms. The van der Waals surface area contributed by atoms with Crippen LogP contribution in [-0.2, 0) is 16.1 Å². The second-order valence-electron chi connectivity index (χ2n) is 7.65. The molecule has 0 aliphatic carbocycles. The molecule has 0 saturated carbocycles. The number of amides is 3. The van der Waals surface area contributed by atoms with E-state index in [1.165, 1.54) is 4.90 Å². The van der Waals surface area contributed by atoms with Crippen LogP contribution in [0.15, 0.2) is 73.1 Å². The predicted octanol–water partition coefficient (Wildman–Crippen LogP) is 3.37. The number of methoxy groups -OCH3 is 1. The molecule has 1 unspecified atom stereocenters. The van der Waals surface area contributed by atoms with E-state index in [2.05, 4.69) is 4.98 Å². The molecule has 7 heteroatoms. The largest absolute Gasteiger partial charge is 0.497 e. The Balaban J connectivity index is 1.66. The van der Waals surface area contributed by atoms with Crippen molar-refractivity contribution < 1.29 is 19.1 Å².